The molecule has 4 nitrogen and oxygen atoms in total. The molecule has 4 heteroatoms. The zero-order valence-corrected chi connectivity index (χ0v) is 8.55. The number of likely N-dealkylation sites (N-methyl/N-ethyl adjacent to an activating group) is 1. The lowest BCUT2D eigenvalue weighted by Gasteiger charge is -2.19. The maximum absolute atomic E-state index is 10.6. The van der Waals surface area contributed by atoms with Crippen molar-refractivity contribution in [2.24, 2.45) is 0 Å². The Balaban J connectivity index is 2.66. The fraction of sp³-hybridized carbons (Fsp3) is 0.364. The van der Waals surface area contributed by atoms with Crippen molar-refractivity contribution in [1.29, 1.82) is 0 Å². The van der Waals surface area contributed by atoms with Gasteiger partial charge < -0.3 is 15.5 Å². The third kappa shape index (κ3) is 3.34. The Kier molecular flexibility index (Phi) is 4.27. The van der Waals surface area contributed by atoms with E-state index >= 15 is 0 Å². The Bertz CT molecular complexity index is 313. The second-order valence-corrected chi connectivity index (χ2v) is 3.37. The van der Waals surface area contributed by atoms with Gasteiger partial charge in [0.05, 0.1) is 0 Å². The van der Waals surface area contributed by atoms with Crippen molar-refractivity contribution in [2.45, 2.75) is 18.6 Å². The largest absolute Gasteiger partial charge is 0.479 e. The second-order valence-electron chi connectivity index (χ2n) is 3.37. The number of carboxylic acid groups (broad SMARTS) is 1. The molecule has 0 aliphatic heterocycles. The molecule has 2 atom stereocenters. The van der Waals surface area contributed by atoms with Crippen LogP contribution in [-0.4, -0.2) is 35.4 Å². The zero-order valence-electron chi connectivity index (χ0n) is 8.55. The average molecular weight is 209 g/mol. The molecule has 0 saturated heterocycles. The Hall–Kier alpha value is -1.39. The highest BCUT2D eigenvalue weighted by Crippen LogP contribution is 2.06. The normalized spacial score (nSPS) is 14.5. The number of aliphatic hydroxyl groups is 1. The molecule has 15 heavy (non-hydrogen) atoms. The lowest BCUT2D eigenvalue weighted by atomic mass is 10.0. The first-order valence-electron chi connectivity index (χ1n) is 4.77. The summed E-state index contributed by atoms with van der Waals surface area (Å²) in [5.74, 6) is -1.20. The Morgan fingerprint density at radius 1 is 1.40 bits per heavy atom. The van der Waals surface area contributed by atoms with Gasteiger partial charge in [-0.2, -0.15) is 0 Å². The molecule has 0 aliphatic carbocycles. The monoisotopic (exact) mass is 209 g/mol. The highest BCUT2D eigenvalue weighted by molar-refractivity contribution is 5.73. The number of nitrogens with one attached hydrogen (secondary N) is 1. The van der Waals surface area contributed by atoms with E-state index in [1.807, 2.05) is 30.3 Å². The van der Waals surface area contributed by atoms with Crippen LogP contribution in [-0.2, 0) is 11.2 Å². The van der Waals surface area contributed by atoms with Gasteiger partial charge in [-0.1, -0.05) is 30.3 Å². The van der Waals surface area contributed by atoms with E-state index in [9.17, 15) is 9.90 Å². The molecule has 0 heterocycles. The Morgan fingerprint density at radius 3 is 2.47 bits per heavy atom. The van der Waals surface area contributed by atoms with Crippen molar-refractivity contribution < 1.29 is 15.0 Å². The average Bonchev–Trinajstić information content (AvgIpc) is 2.26. The van der Waals surface area contributed by atoms with Gasteiger partial charge in [-0.15, -0.1) is 0 Å². The van der Waals surface area contributed by atoms with E-state index in [1.54, 1.807) is 7.05 Å². The third-order valence-electron chi connectivity index (χ3n) is 2.30. The molecule has 1 aromatic rings. The van der Waals surface area contributed by atoms with Crippen molar-refractivity contribution in [1.82, 2.24) is 5.32 Å². The van der Waals surface area contributed by atoms with Gasteiger partial charge in [-0.25, -0.2) is 4.79 Å². The van der Waals surface area contributed by atoms with Gasteiger partial charge >= 0.3 is 5.97 Å². The summed E-state index contributed by atoms with van der Waals surface area (Å²) in [4.78, 5) is 10.6. The van der Waals surface area contributed by atoms with Crippen LogP contribution in [0.1, 0.15) is 5.56 Å². The molecule has 0 aliphatic rings. The SMILES string of the molecule is CNC(Cc1ccccc1)C(O)C(=O)O. The highest BCUT2D eigenvalue weighted by Gasteiger charge is 2.24. The van der Waals surface area contributed by atoms with E-state index < -0.39 is 18.1 Å². The number of carboxylic acids is 1. The molecule has 0 amide bonds. The number of carbonyl (C=O) groups is 1. The van der Waals surface area contributed by atoms with Crippen molar-refractivity contribution >= 4 is 5.97 Å². The van der Waals surface area contributed by atoms with Crippen LogP contribution in [0.2, 0.25) is 0 Å². The number of hydrogen-bond donors (Lipinski definition) is 3. The van der Waals surface area contributed by atoms with E-state index in [4.69, 9.17) is 5.11 Å². The predicted octanol–water partition coefficient (Wildman–Crippen LogP) is 0.263. The Morgan fingerprint density at radius 2 is 2.00 bits per heavy atom. The first kappa shape index (κ1) is 11.7. The van der Waals surface area contributed by atoms with Gasteiger partial charge in [0.1, 0.15) is 0 Å². The topological polar surface area (TPSA) is 69.6 Å². The van der Waals surface area contributed by atoms with Gasteiger partial charge in [-0.05, 0) is 19.0 Å². The number of benzene rings is 1. The summed E-state index contributed by atoms with van der Waals surface area (Å²) in [6.07, 6.45) is -0.889. The molecule has 2 unspecified atom stereocenters. The van der Waals surface area contributed by atoms with Gasteiger partial charge in [0.2, 0.25) is 0 Å². The summed E-state index contributed by atoms with van der Waals surface area (Å²) < 4.78 is 0. The third-order valence-corrected chi connectivity index (χ3v) is 2.30. The van der Waals surface area contributed by atoms with E-state index in [1.165, 1.54) is 0 Å². The fourth-order valence-corrected chi connectivity index (χ4v) is 1.41. The molecular formula is C11H15NO3. The number of rotatable bonds is 5. The molecule has 82 valence electrons. The summed E-state index contributed by atoms with van der Waals surface area (Å²) in [7, 11) is 1.64. The van der Waals surface area contributed by atoms with Crippen molar-refractivity contribution in [3.63, 3.8) is 0 Å². The summed E-state index contributed by atoms with van der Waals surface area (Å²) in [6, 6.07) is 9.00. The summed E-state index contributed by atoms with van der Waals surface area (Å²) >= 11 is 0. The first-order chi connectivity index (χ1) is 7.15. The van der Waals surface area contributed by atoms with E-state index in [2.05, 4.69) is 5.32 Å². The maximum Gasteiger partial charge on any atom is 0.334 e. The summed E-state index contributed by atoms with van der Waals surface area (Å²) in [5.41, 5.74) is 0.997. The number of aliphatic hydroxyl groups excluding tert-OH is 1. The molecule has 1 rings (SSSR count). The molecule has 0 bridgehead atoms. The zero-order chi connectivity index (χ0) is 11.3. The minimum absolute atomic E-state index is 0.468. The number of aliphatic carboxylic acids is 1. The van der Waals surface area contributed by atoms with Crippen LogP contribution in [0.25, 0.3) is 0 Å². The van der Waals surface area contributed by atoms with Gasteiger partial charge in [0, 0.05) is 6.04 Å². The Labute approximate surface area is 88.6 Å². The minimum atomic E-state index is -1.38. The van der Waals surface area contributed by atoms with Gasteiger partial charge in [-0.3, -0.25) is 0 Å². The van der Waals surface area contributed by atoms with Crippen molar-refractivity contribution in [3.8, 4) is 0 Å². The van der Waals surface area contributed by atoms with Gasteiger partial charge in [0.15, 0.2) is 6.10 Å². The van der Waals surface area contributed by atoms with E-state index in [-0.39, 0.29) is 0 Å². The second kappa shape index (κ2) is 5.48. The standard InChI is InChI=1S/C11H15NO3/c1-12-9(10(13)11(14)15)7-8-5-3-2-4-6-8/h2-6,9-10,12-13H,7H2,1H3,(H,14,15). The lowest BCUT2D eigenvalue weighted by Crippen LogP contribution is -2.44. The van der Waals surface area contributed by atoms with E-state index in [0.29, 0.717) is 6.42 Å². The van der Waals surface area contributed by atoms with Crippen molar-refractivity contribution in [3.05, 3.63) is 35.9 Å². The maximum atomic E-state index is 10.6. The molecule has 0 spiro atoms. The molecule has 0 radical (unpaired) electrons. The lowest BCUT2D eigenvalue weighted by molar-refractivity contribution is -0.148. The molecule has 0 aromatic heterocycles. The van der Waals surface area contributed by atoms with Crippen LogP contribution in [0.15, 0.2) is 30.3 Å². The quantitative estimate of drug-likeness (QED) is 0.650. The van der Waals surface area contributed by atoms with Crippen molar-refractivity contribution in [2.75, 3.05) is 7.05 Å². The molecule has 1 aromatic carbocycles. The fourth-order valence-electron chi connectivity index (χ4n) is 1.41. The molecule has 3 N–H and O–H groups in total. The molecule has 0 fully saturated rings. The van der Waals surface area contributed by atoms with Crippen LogP contribution in [0.5, 0.6) is 0 Å². The minimum Gasteiger partial charge on any atom is -0.479 e. The van der Waals surface area contributed by atoms with Crippen LogP contribution in [0.4, 0.5) is 0 Å². The molecular weight excluding hydrogens is 194 g/mol. The van der Waals surface area contributed by atoms with Crippen LogP contribution < -0.4 is 5.32 Å². The summed E-state index contributed by atoms with van der Waals surface area (Å²) in [5, 5.41) is 20.9. The number of hydrogen-bond acceptors (Lipinski definition) is 3. The highest BCUT2D eigenvalue weighted by atomic mass is 16.4. The smallest absolute Gasteiger partial charge is 0.334 e. The van der Waals surface area contributed by atoms with Gasteiger partial charge in [0.25, 0.3) is 0 Å². The summed E-state index contributed by atoms with van der Waals surface area (Å²) in [6.45, 7) is 0. The van der Waals surface area contributed by atoms with E-state index in [0.717, 1.165) is 5.56 Å². The first-order valence-corrected chi connectivity index (χ1v) is 4.77. The molecule has 0 saturated carbocycles. The van der Waals surface area contributed by atoms with Crippen LogP contribution in [0.3, 0.4) is 0 Å². The van der Waals surface area contributed by atoms with Crippen LogP contribution in [0, 0.1) is 0 Å². The van der Waals surface area contributed by atoms with Crippen LogP contribution >= 0.6 is 0 Å². The predicted molar refractivity (Wildman–Crippen MR) is 56.6 cm³/mol.